The van der Waals surface area contributed by atoms with Gasteiger partial charge in [-0.05, 0) is 86.7 Å². The van der Waals surface area contributed by atoms with Crippen LogP contribution >= 0.6 is 0 Å². The summed E-state index contributed by atoms with van der Waals surface area (Å²) in [5, 5.41) is 0. The molecule has 0 unspecified atom stereocenters. The Labute approximate surface area is 177 Å². The second-order valence-electron chi connectivity index (χ2n) is 7.31. The van der Waals surface area contributed by atoms with Gasteiger partial charge in [-0.1, -0.05) is 43.9 Å². The van der Waals surface area contributed by atoms with Crippen LogP contribution in [0.1, 0.15) is 47.5 Å². The first-order valence-electron chi connectivity index (χ1n) is 10.5. The minimum Gasteiger partial charge on any atom is -0.494 e. The minimum absolute atomic E-state index is 0.680. The number of hydrogen-bond donors (Lipinski definition) is 0. The number of rotatable bonds is 9. The van der Waals surface area contributed by atoms with Crippen LogP contribution in [0.4, 0.5) is 5.69 Å². The molecule has 0 radical (unpaired) electrons. The summed E-state index contributed by atoms with van der Waals surface area (Å²) in [6, 6.07) is 8.41. The van der Waals surface area contributed by atoms with Gasteiger partial charge in [0.1, 0.15) is 5.75 Å². The van der Waals surface area contributed by atoms with Crippen LogP contribution in [0.25, 0.3) is 0 Å². The number of anilines is 1. The van der Waals surface area contributed by atoms with Gasteiger partial charge in [0, 0.05) is 24.4 Å². The smallest absolute Gasteiger partial charge is 0.119 e. The molecule has 0 heterocycles. The van der Waals surface area contributed by atoms with Gasteiger partial charge >= 0.3 is 0 Å². The normalized spacial score (nSPS) is 15.1. The number of hydrogen-bond acceptors (Lipinski definition) is 2. The molecule has 1 aromatic rings. The van der Waals surface area contributed by atoms with E-state index in [1.807, 2.05) is 13.0 Å². The lowest BCUT2D eigenvalue weighted by Crippen LogP contribution is -2.23. The molecule has 0 saturated heterocycles. The van der Waals surface area contributed by atoms with E-state index < -0.39 is 0 Å². The van der Waals surface area contributed by atoms with Gasteiger partial charge in [0.25, 0.3) is 0 Å². The number of allylic oxidation sites excluding steroid dienone is 9. The highest BCUT2D eigenvalue weighted by Crippen LogP contribution is 2.28. The molecule has 2 heteroatoms. The SMILES string of the molecule is C=C/C=C(C)\C(=C/CN(C1=CC(C)=C(C)C=CC1)c1ccc(OCC)cc1)CC. The van der Waals surface area contributed by atoms with Crippen molar-refractivity contribution >= 4 is 5.69 Å². The Morgan fingerprint density at radius 2 is 1.86 bits per heavy atom. The third kappa shape index (κ3) is 6.39. The molecule has 0 aliphatic heterocycles. The molecule has 0 N–H and O–H groups in total. The first-order chi connectivity index (χ1) is 14.0. The Morgan fingerprint density at radius 3 is 2.48 bits per heavy atom. The Hall–Kier alpha value is -2.74. The van der Waals surface area contributed by atoms with Crippen LogP contribution in [0.2, 0.25) is 0 Å². The van der Waals surface area contributed by atoms with E-state index in [2.05, 4.69) is 93.8 Å². The van der Waals surface area contributed by atoms with E-state index in [1.165, 1.54) is 33.7 Å². The van der Waals surface area contributed by atoms with Gasteiger partial charge in [-0.25, -0.2) is 0 Å². The van der Waals surface area contributed by atoms with E-state index in [0.29, 0.717) is 6.61 Å². The summed E-state index contributed by atoms with van der Waals surface area (Å²) in [5.74, 6) is 0.910. The topological polar surface area (TPSA) is 12.5 Å². The Balaban J connectivity index is 2.43. The molecule has 2 nitrogen and oxygen atoms in total. The predicted molar refractivity (Wildman–Crippen MR) is 127 cm³/mol. The van der Waals surface area contributed by atoms with Gasteiger partial charge in [0.05, 0.1) is 6.61 Å². The minimum atomic E-state index is 0.680. The maximum absolute atomic E-state index is 5.63. The fourth-order valence-corrected chi connectivity index (χ4v) is 3.45. The Morgan fingerprint density at radius 1 is 1.14 bits per heavy atom. The molecule has 2 rings (SSSR count). The molecule has 0 fully saturated rings. The maximum atomic E-state index is 5.63. The largest absolute Gasteiger partial charge is 0.494 e. The van der Waals surface area contributed by atoms with Gasteiger partial charge in [-0.2, -0.15) is 0 Å². The van der Waals surface area contributed by atoms with Gasteiger partial charge in [-0.15, -0.1) is 0 Å². The molecule has 0 aromatic heterocycles. The molecule has 1 aliphatic rings. The summed E-state index contributed by atoms with van der Waals surface area (Å²) < 4.78 is 5.63. The Kier molecular flexibility index (Phi) is 8.79. The highest BCUT2D eigenvalue weighted by molar-refractivity contribution is 5.57. The van der Waals surface area contributed by atoms with Gasteiger partial charge < -0.3 is 9.64 Å². The van der Waals surface area contributed by atoms with Crippen molar-refractivity contribution in [3.63, 3.8) is 0 Å². The standard InChI is InChI=1S/C27H35NO/c1-7-11-22(5)24(8-2)18-19-28(25-14-16-27(17-15-25)29-9-3)26-13-10-12-21(4)23(6)20-26/h7,10-12,14-18,20H,1,8-9,13,19H2,2-6H3/b22-11-,24-18-. The summed E-state index contributed by atoms with van der Waals surface area (Å²) in [7, 11) is 0. The third-order valence-electron chi connectivity index (χ3n) is 5.28. The lowest BCUT2D eigenvalue weighted by atomic mass is 10.0. The summed E-state index contributed by atoms with van der Waals surface area (Å²) >= 11 is 0. The first-order valence-corrected chi connectivity index (χ1v) is 10.5. The molecular weight excluding hydrogens is 354 g/mol. The van der Waals surface area contributed by atoms with E-state index in [0.717, 1.165) is 25.1 Å². The third-order valence-corrected chi connectivity index (χ3v) is 5.28. The van der Waals surface area contributed by atoms with Gasteiger partial charge in [-0.3, -0.25) is 0 Å². The monoisotopic (exact) mass is 389 g/mol. The van der Waals surface area contributed by atoms with Crippen LogP contribution in [0, 0.1) is 0 Å². The number of ether oxygens (including phenoxy) is 1. The molecular formula is C27H35NO. The van der Waals surface area contributed by atoms with Crippen molar-refractivity contribution in [2.75, 3.05) is 18.1 Å². The van der Waals surface area contributed by atoms with E-state index in [4.69, 9.17) is 4.74 Å². The van der Waals surface area contributed by atoms with Crippen LogP contribution in [-0.2, 0) is 0 Å². The molecule has 0 spiro atoms. The van der Waals surface area contributed by atoms with Gasteiger partial charge in [0.2, 0.25) is 0 Å². The zero-order chi connectivity index (χ0) is 21.2. The molecule has 0 amide bonds. The zero-order valence-electron chi connectivity index (χ0n) is 18.7. The fraction of sp³-hybridized carbons (Fsp3) is 0.333. The fourth-order valence-electron chi connectivity index (χ4n) is 3.45. The van der Waals surface area contributed by atoms with Crippen LogP contribution in [-0.4, -0.2) is 13.2 Å². The molecule has 154 valence electrons. The molecule has 0 atom stereocenters. The number of benzene rings is 1. The van der Waals surface area contributed by atoms with E-state index in [-0.39, 0.29) is 0 Å². The molecule has 0 bridgehead atoms. The van der Waals surface area contributed by atoms with Crippen LogP contribution in [0.15, 0.2) is 95.3 Å². The summed E-state index contributed by atoms with van der Waals surface area (Å²) in [4.78, 5) is 2.40. The second-order valence-corrected chi connectivity index (χ2v) is 7.31. The first kappa shape index (κ1) is 22.5. The maximum Gasteiger partial charge on any atom is 0.119 e. The zero-order valence-corrected chi connectivity index (χ0v) is 18.7. The highest BCUT2D eigenvalue weighted by Gasteiger charge is 2.13. The van der Waals surface area contributed by atoms with Crippen molar-refractivity contribution in [1.29, 1.82) is 0 Å². The summed E-state index contributed by atoms with van der Waals surface area (Å²) in [6.45, 7) is 16.1. The quantitative estimate of drug-likeness (QED) is 0.404. The molecule has 1 aliphatic carbocycles. The average molecular weight is 390 g/mol. The van der Waals surface area contributed by atoms with Crippen molar-refractivity contribution in [3.8, 4) is 5.75 Å². The van der Waals surface area contributed by atoms with Crippen LogP contribution < -0.4 is 9.64 Å². The average Bonchev–Trinajstić information content (AvgIpc) is 2.87. The molecule has 1 aromatic carbocycles. The summed E-state index contributed by atoms with van der Waals surface area (Å²) in [5.41, 5.74) is 7.74. The van der Waals surface area contributed by atoms with Crippen molar-refractivity contribution in [3.05, 3.63) is 95.3 Å². The lowest BCUT2D eigenvalue weighted by molar-refractivity contribution is 0.340. The second kappa shape index (κ2) is 11.3. The van der Waals surface area contributed by atoms with E-state index >= 15 is 0 Å². The predicted octanol–water partition coefficient (Wildman–Crippen LogP) is 7.54. The van der Waals surface area contributed by atoms with Crippen LogP contribution in [0.5, 0.6) is 5.75 Å². The summed E-state index contributed by atoms with van der Waals surface area (Å²) in [6.07, 6.45) is 15.0. The highest BCUT2D eigenvalue weighted by atomic mass is 16.5. The molecule has 29 heavy (non-hydrogen) atoms. The van der Waals surface area contributed by atoms with E-state index in [1.54, 1.807) is 0 Å². The van der Waals surface area contributed by atoms with E-state index in [9.17, 15) is 0 Å². The Bertz CT molecular complexity index is 847. The van der Waals surface area contributed by atoms with Crippen molar-refractivity contribution < 1.29 is 4.74 Å². The van der Waals surface area contributed by atoms with Crippen molar-refractivity contribution in [1.82, 2.24) is 0 Å². The van der Waals surface area contributed by atoms with Gasteiger partial charge in [0.15, 0.2) is 0 Å². The van der Waals surface area contributed by atoms with Crippen molar-refractivity contribution in [2.45, 2.75) is 47.5 Å². The van der Waals surface area contributed by atoms with Crippen molar-refractivity contribution in [2.24, 2.45) is 0 Å². The lowest BCUT2D eigenvalue weighted by Gasteiger charge is -2.27. The number of nitrogens with zero attached hydrogens (tertiary/aromatic N) is 1. The molecule has 0 saturated carbocycles. The van der Waals surface area contributed by atoms with Crippen LogP contribution in [0.3, 0.4) is 0 Å².